The van der Waals surface area contributed by atoms with E-state index in [-0.39, 0.29) is 36.8 Å². The molecule has 0 aromatic carbocycles. The van der Waals surface area contributed by atoms with E-state index < -0.39 is 40.7 Å². The number of carbonyl (C=O) groups excluding carboxylic acids is 2. The quantitative estimate of drug-likeness (QED) is 0.419. The summed E-state index contributed by atoms with van der Waals surface area (Å²) in [7, 11) is 1.76. The molecule has 38 heavy (non-hydrogen) atoms. The number of fused-ring (bicyclic) bond motifs is 1. The van der Waals surface area contributed by atoms with Crippen molar-refractivity contribution < 1.29 is 23.5 Å². The molecule has 2 amide bonds. The van der Waals surface area contributed by atoms with E-state index in [1.807, 2.05) is 0 Å². The molecule has 0 saturated carbocycles. The predicted octanol–water partition coefficient (Wildman–Crippen LogP) is 4.47. The molecule has 0 bridgehead atoms. The minimum atomic E-state index is -0.888. The predicted molar refractivity (Wildman–Crippen MR) is 143 cm³/mol. The number of rotatable bonds is 5. The van der Waals surface area contributed by atoms with Crippen molar-refractivity contribution in [3.63, 3.8) is 0 Å². The van der Waals surface area contributed by atoms with Crippen LogP contribution >= 0.6 is 11.6 Å². The van der Waals surface area contributed by atoms with E-state index in [4.69, 9.17) is 21.1 Å². The number of carbonyl (C=O) groups is 2. The zero-order valence-electron chi connectivity index (χ0n) is 22.3. The number of hydrogen-bond donors (Lipinski definition) is 2. The molecule has 3 rings (SSSR count). The largest absolute Gasteiger partial charge is 0.474 e. The van der Waals surface area contributed by atoms with Gasteiger partial charge >= 0.3 is 6.09 Å². The second-order valence-electron chi connectivity index (χ2n) is 9.89. The van der Waals surface area contributed by atoms with Crippen molar-refractivity contribution in [2.45, 2.75) is 58.4 Å². The van der Waals surface area contributed by atoms with Gasteiger partial charge in [-0.1, -0.05) is 36.4 Å². The Balaban J connectivity index is 2.00. The Kier molecular flexibility index (Phi) is 9.37. The van der Waals surface area contributed by atoms with Crippen LogP contribution in [0, 0.1) is 5.82 Å². The highest BCUT2D eigenvalue weighted by molar-refractivity contribution is 6.30. The smallest absolute Gasteiger partial charge is 0.410 e. The average molecular weight is 549 g/mol. The van der Waals surface area contributed by atoms with E-state index in [1.165, 1.54) is 4.90 Å². The van der Waals surface area contributed by atoms with Gasteiger partial charge < -0.3 is 20.1 Å². The Morgan fingerprint density at radius 3 is 2.82 bits per heavy atom. The van der Waals surface area contributed by atoms with Gasteiger partial charge in [0.05, 0.1) is 30.1 Å². The van der Waals surface area contributed by atoms with E-state index in [0.29, 0.717) is 12.1 Å². The molecule has 206 valence electrons. The maximum atomic E-state index is 15.2. The lowest BCUT2D eigenvalue weighted by molar-refractivity contribution is 0.0178. The van der Waals surface area contributed by atoms with Gasteiger partial charge in [-0.3, -0.25) is 14.4 Å². The van der Waals surface area contributed by atoms with Crippen LogP contribution in [-0.2, 0) is 18.3 Å². The number of nitrogens with zero attached hydrogens (tertiary/aromatic N) is 4. The second kappa shape index (κ2) is 12.3. The van der Waals surface area contributed by atoms with Crippen molar-refractivity contribution in [1.82, 2.24) is 25.0 Å². The topological polar surface area (TPSA) is 111 Å². The molecule has 1 unspecified atom stereocenters. The van der Waals surface area contributed by atoms with Crippen LogP contribution in [0.4, 0.5) is 14.9 Å². The van der Waals surface area contributed by atoms with Crippen LogP contribution in [0.1, 0.15) is 50.2 Å². The summed E-state index contributed by atoms with van der Waals surface area (Å²) in [5.74, 6) is -1.66. The summed E-state index contributed by atoms with van der Waals surface area (Å²) in [5.41, 5.74) is -0.379. The minimum absolute atomic E-state index is 0.0141. The number of halogens is 2. The standard InChI is InChI=1S/C26H34ClFN6O4/c1-7-8-9-18-15-30-23(35)19-21(29-14-17-11-12-33(6)32-17)20(28)22(27)31-24(19)37-16(2)10-13-34(18)25(36)38-26(3,4)5/h7-9,11-12,16,18H,1,10,13-15H2,2-6H3,(H,29,31)(H,30,35)/b9-8+/t16-,18?/m0/s1. The fraction of sp³-hybridized carbons (Fsp3) is 0.462. The van der Waals surface area contributed by atoms with Crippen LogP contribution in [0.15, 0.2) is 37.1 Å². The SMILES string of the molecule is C=C/C=C/C1CNC(=O)c2c(nc(Cl)c(F)c2NCc2ccn(C)n2)O[C@@H](C)CCN1C(=O)OC(C)(C)C. The molecular weight excluding hydrogens is 515 g/mol. The van der Waals surface area contributed by atoms with Gasteiger partial charge in [0.1, 0.15) is 11.2 Å². The molecule has 10 nitrogen and oxygen atoms in total. The summed E-state index contributed by atoms with van der Waals surface area (Å²) in [4.78, 5) is 32.1. The lowest BCUT2D eigenvalue weighted by Gasteiger charge is -2.32. The molecule has 2 atom stereocenters. The third kappa shape index (κ3) is 7.47. The number of nitrogens with one attached hydrogen (secondary N) is 2. The molecule has 2 aromatic heterocycles. The van der Waals surface area contributed by atoms with Crippen molar-refractivity contribution in [1.29, 1.82) is 0 Å². The number of aromatic nitrogens is 3. The Morgan fingerprint density at radius 2 is 2.18 bits per heavy atom. The van der Waals surface area contributed by atoms with Gasteiger partial charge in [0, 0.05) is 32.8 Å². The number of allylic oxidation sites excluding steroid dienone is 2. The first-order valence-corrected chi connectivity index (χ1v) is 12.6. The fourth-order valence-corrected chi connectivity index (χ4v) is 3.94. The van der Waals surface area contributed by atoms with Gasteiger partial charge in [-0.05, 0) is 33.8 Å². The summed E-state index contributed by atoms with van der Waals surface area (Å²) in [6.45, 7) is 11.2. The zero-order valence-corrected chi connectivity index (χ0v) is 23.0. The van der Waals surface area contributed by atoms with Crippen LogP contribution < -0.4 is 15.4 Å². The molecule has 3 heterocycles. The zero-order chi connectivity index (χ0) is 28.0. The number of hydrogen-bond acceptors (Lipinski definition) is 7. The van der Waals surface area contributed by atoms with Crippen LogP contribution in [0.5, 0.6) is 5.88 Å². The Morgan fingerprint density at radius 1 is 1.45 bits per heavy atom. The van der Waals surface area contributed by atoms with Crippen molar-refractivity contribution in [2.75, 3.05) is 18.4 Å². The van der Waals surface area contributed by atoms with Gasteiger partial charge in [0.25, 0.3) is 5.91 Å². The Bertz CT molecular complexity index is 1210. The van der Waals surface area contributed by atoms with E-state index in [1.54, 1.807) is 69.9 Å². The third-order valence-electron chi connectivity index (χ3n) is 5.57. The third-order valence-corrected chi connectivity index (χ3v) is 5.82. The summed E-state index contributed by atoms with van der Waals surface area (Å²) >= 11 is 6.09. The highest BCUT2D eigenvalue weighted by Gasteiger charge is 2.32. The first-order valence-electron chi connectivity index (χ1n) is 12.2. The maximum Gasteiger partial charge on any atom is 0.410 e. The molecule has 0 aliphatic carbocycles. The van der Waals surface area contributed by atoms with E-state index in [9.17, 15) is 9.59 Å². The molecule has 1 aliphatic heterocycles. The number of pyridine rings is 1. The fourth-order valence-electron chi connectivity index (χ4n) is 3.77. The number of aryl methyl sites for hydroxylation is 1. The molecule has 2 N–H and O–H groups in total. The summed E-state index contributed by atoms with van der Waals surface area (Å²) < 4.78 is 28.4. The first kappa shape index (κ1) is 29.0. The van der Waals surface area contributed by atoms with Crippen LogP contribution in [-0.4, -0.2) is 62.5 Å². The van der Waals surface area contributed by atoms with E-state index in [0.717, 1.165) is 0 Å². The van der Waals surface area contributed by atoms with Crippen molar-refractivity contribution in [3.8, 4) is 5.88 Å². The molecule has 12 heteroatoms. The highest BCUT2D eigenvalue weighted by Crippen LogP contribution is 2.33. The average Bonchev–Trinajstić information content (AvgIpc) is 3.24. The lowest BCUT2D eigenvalue weighted by Crippen LogP contribution is -2.48. The summed E-state index contributed by atoms with van der Waals surface area (Å²) in [6, 6.07) is 1.19. The number of amides is 2. The molecule has 2 aromatic rings. The lowest BCUT2D eigenvalue weighted by atomic mass is 10.1. The second-order valence-corrected chi connectivity index (χ2v) is 10.3. The molecular formula is C26H34ClFN6O4. The van der Waals surface area contributed by atoms with Gasteiger partial charge in [-0.2, -0.15) is 10.1 Å². The highest BCUT2D eigenvalue weighted by atomic mass is 35.5. The van der Waals surface area contributed by atoms with Crippen LogP contribution in [0.2, 0.25) is 5.15 Å². The number of anilines is 1. The molecule has 0 saturated heterocycles. The Hall–Kier alpha value is -3.60. The van der Waals surface area contributed by atoms with Crippen LogP contribution in [0.25, 0.3) is 0 Å². The minimum Gasteiger partial charge on any atom is -0.474 e. The monoisotopic (exact) mass is 548 g/mol. The molecule has 0 fully saturated rings. The van der Waals surface area contributed by atoms with E-state index >= 15 is 4.39 Å². The van der Waals surface area contributed by atoms with Crippen molar-refractivity contribution in [3.05, 3.63) is 59.3 Å². The summed E-state index contributed by atoms with van der Waals surface area (Å²) in [6.07, 6.45) is 6.07. The first-order chi connectivity index (χ1) is 17.9. The normalized spacial score (nSPS) is 18.7. The maximum absolute atomic E-state index is 15.2. The molecule has 0 spiro atoms. The van der Waals surface area contributed by atoms with Gasteiger partial charge in [-0.15, -0.1) is 0 Å². The number of ether oxygens (including phenoxy) is 2. The summed E-state index contributed by atoms with van der Waals surface area (Å²) in [5, 5.41) is 9.54. The van der Waals surface area contributed by atoms with Gasteiger partial charge in [0.15, 0.2) is 11.0 Å². The molecule has 1 aliphatic rings. The molecule has 0 radical (unpaired) electrons. The van der Waals surface area contributed by atoms with Crippen molar-refractivity contribution >= 4 is 29.3 Å². The van der Waals surface area contributed by atoms with Gasteiger partial charge in [0.2, 0.25) is 5.88 Å². The van der Waals surface area contributed by atoms with E-state index in [2.05, 4.69) is 27.3 Å². The van der Waals surface area contributed by atoms with Crippen LogP contribution in [0.3, 0.4) is 0 Å². The van der Waals surface area contributed by atoms with Crippen molar-refractivity contribution in [2.24, 2.45) is 7.05 Å². The van der Waals surface area contributed by atoms with Gasteiger partial charge in [-0.25, -0.2) is 9.18 Å². The Labute approximate surface area is 226 Å².